The van der Waals surface area contributed by atoms with Gasteiger partial charge < -0.3 is 14.0 Å². The van der Waals surface area contributed by atoms with Gasteiger partial charge >= 0.3 is 12.1 Å². The van der Waals surface area contributed by atoms with Crippen molar-refractivity contribution in [1.29, 1.82) is 0 Å². The Morgan fingerprint density at radius 2 is 1.40 bits per heavy atom. The minimum atomic E-state index is -0.606. The van der Waals surface area contributed by atoms with E-state index in [9.17, 15) is 9.59 Å². The van der Waals surface area contributed by atoms with Crippen LogP contribution in [-0.4, -0.2) is 23.8 Å². The minimum Gasteiger partial charge on any atom is -0.465 e. The lowest BCUT2D eigenvalue weighted by Gasteiger charge is -2.15. The summed E-state index contributed by atoms with van der Waals surface area (Å²) in [6, 6.07) is 35.0. The Hall–Kier alpha value is -5.17. The van der Waals surface area contributed by atoms with Crippen LogP contribution in [0.3, 0.4) is 0 Å². The first kappa shape index (κ1) is 28.0. The van der Waals surface area contributed by atoms with E-state index in [1.165, 1.54) is 0 Å². The normalized spacial score (nSPS) is 14.0. The molecule has 0 radical (unpaired) electrons. The molecule has 0 saturated heterocycles. The highest BCUT2D eigenvalue weighted by atomic mass is 16.6. The SMILES string of the molecule is CCOC(=O)C1(c2ccc(-c3ccc(-c4onc(-c5ccccc5)c4NC(=O)OC(C)c4ccccc4)cc3)cc2)CC1. The summed E-state index contributed by atoms with van der Waals surface area (Å²) in [6.45, 7) is 4.04. The van der Waals surface area contributed by atoms with Crippen molar-refractivity contribution in [2.45, 2.75) is 38.2 Å². The molecular weight excluding hydrogens is 540 g/mol. The third-order valence-electron chi connectivity index (χ3n) is 7.85. The molecule has 5 aromatic rings. The molecule has 6 rings (SSSR count). The molecule has 43 heavy (non-hydrogen) atoms. The highest BCUT2D eigenvalue weighted by Crippen LogP contribution is 2.49. The van der Waals surface area contributed by atoms with Gasteiger partial charge in [-0.3, -0.25) is 10.1 Å². The smallest absolute Gasteiger partial charge is 0.412 e. The van der Waals surface area contributed by atoms with Crippen LogP contribution in [0.2, 0.25) is 0 Å². The maximum atomic E-state index is 13.0. The van der Waals surface area contributed by atoms with E-state index in [2.05, 4.69) is 10.5 Å². The second kappa shape index (κ2) is 12.0. The number of amides is 1. The Morgan fingerprint density at radius 3 is 2.00 bits per heavy atom. The number of anilines is 1. The first-order valence-electron chi connectivity index (χ1n) is 14.4. The standard InChI is InChI=1S/C36H32N2O5/c1-3-41-34(39)36(22-23-36)30-20-18-27(19-21-30)26-14-16-29(17-15-26)33-32(31(38-43-33)28-12-8-5-9-13-28)37-35(40)42-24(2)25-10-6-4-7-11-25/h4-21,24H,3,22-23H2,1-2H3,(H,37,40). The second-order valence-electron chi connectivity index (χ2n) is 10.6. The third kappa shape index (κ3) is 5.79. The van der Waals surface area contributed by atoms with Crippen LogP contribution in [0.15, 0.2) is 114 Å². The molecule has 4 aromatic carbocycles. The molecule has 1 aromatic heterocycles. The van der Waals surface area contributed by atoms with Gasteiger partial charge in [-0.25, -0.2) is 4.79 Å². The van der Waals surface area contributed by atoms with Crippen LogP contribution >= 0.6 is 0 Å². The first-order valence-corrected chi connectivity index (χ1v) is 14.4. The summed E-state index contributed by atoms with van der Waals surface area (Å²) in [7, 11) is 0. The predicted molar refractivity (Wildman–Crippen MR) is 165 cm³/mol. The summed E-state index contributed by atoms with van der Waals surface area (Å²) >= 11 is 0. The van der Waals surface area contributed by atoms with Gasteiger partial charge in [0, 0.05) is 11.1 Å². The van der Waals surface area contributed by atoms with Crippen LogP contribution in [0.5, 0.6) is 0 Å². The van der Waals surface area contributed by atoms with E-state index in [1.807, 2.05) is 123 Å². The summed E-state index contributed by atoms with van der Waals surface area (Å²) in [6.07, 6.45) is 0.585. The number of hydrogen-bond donors (Lipinski definition) is 1. The number of carbonyl (C=O) groups is 2. The van der Waals surface area contributed by atoms with Crippen molar-refractivity contribution in [1.82, 2.24) is 5.16 Å². The first-order chi connectivity index (χ1) is 21.0. The van der Waals surface area contributed by atoms with Crippen molar-refractivity contribution in [3.63, 3.8) is 0 Å². The predicted octanol–water partition coefficient (Wildman–Crippen LogP) is 8.58. The van der Waals surface area contributed by atoms with Gasteiger partial charge in [0.25, 0.3) is 0 Å². The lowest BCUT2D eigenvalue weighted by molar-refractivity contribution is -0.146. The average Bonchev–Trinajstić information content (AvgIpc) is 3.77. The van der Waals surface area contributed by atoms with E-state index in [4.69, 9.17) is 14.0 Å². The van der Waals surface area contributed by atoms with Gasteiger partial charge in [0.1, 0.15) is 17.5 Å². The molecule has 7 nitrogen and oxygen atoms in total. The van der Waals surface area contributed by atoms with E-state index in [-0.39, 0.29) is 5.97 Å². The number of nitrogens with zero attached hydrogens (tertiary/aromatic N) is 1. The number of ether oxygens (including phenoxy) is 2. The number of aromatic nitrogens is 1. The molecule has 1 unspecified atom stereocenters. The fraction of sp³-hybridized carbons (Fsp3) is 0.194. The highest BCUT2D eigenvalue weighted by molar-refractivity contribution is 5.96. The summed E-state index contributed by atoms with van der Waals surface area (Å²) in [4.78, 5) is 25.5. The van der Waals surface area contributed by atoms with Crippen LogP contribution in [0, 0.1) is 0 Å². The minimum absolute atomic E-state index is 0.142. The lowest BCUT2D eigenvalue weighted by atomic mass is 9.93. The van der Waals surface area contributed by atoms with Crippen molar-refractivity contribution >= 4 is 17.7 Å². The summed E-state index contributed by atoms with van der Waals surface area (Å²) in [5, 5.41) is 7.21. The zero-order valence-electron chi connectivity index (χ0n) is 24.1. The number of rotatable bonds is 9. The third-order valence-corrected chi connectivity index (χ3v) is 7.85. The van der Waals surface area contributed by atoms with Crippen LogP contribution < -0.4 is 5.32 Å². The van der Waals surface area contributed by atoms with E-state index >= 15 is 0 Å². The zero-order valence-corrected chi connectivity index (χ0v) is 24.1. The van der Waals surface area contributed by atoms with Gasteiger partial charge in [-0.1, -0.05) is 114 Å². The molecule has 1 atom stereocenters. The van der Waals surface area contributed by atoms with Gasteiger partial charge in [-0.2, -0.15) is 0 Å². The molecule has 1 N–H and O–H groups in total. The Morgan fingerprint density at radius 1 is 0.814 bits per heavy atom. The highest BCUT2D eigenvalue weighted by Gasteiger charge is 2.52. The molecule has 1 aliphatic carbocycles. The van der Waals surface area contributed by atoms with Gasteiger partial charge in [0.2, 0.25) is 0 Å². The molecule has 1 aliphatic rings. The fourth-order valence-corrected chi connectivity index (χ4v) is 5.28. The van der Waals surface area contributed by atoms with E-state index < -0.39 is 17.6 Å². The van der Waals surface area contributed by atoms with Crippen LogP contribution in [0.1, 0.15) is 43.9 Å². The average molecular weight is 573 g/mol. The van der Waals surface area contributed by atoms with Gasteiger partial charge in [-0.15, -0.1) is 0 Å². The fourth-order valence-electron chi connectivity index (χ4n) is 5.28. The van der Waals surface area contributed by atoms with Crippen LogP contribution in [0.4, 0.5) is 10.5 Å². The molecule has 1 fully saturated rings. The Balaban J connectivity index is 1.25. The van der Waals surface area contributed by atoms with Gasteiger partial charge in [-0.05, 0) is 48.9 Å². The van der Waals surface area contributed by atoms with Crippen molar-refractivity contribution in [3.8, 4) is 33.7 Å². The monoisotopic (exact) mass is 572 g/mol. The number of benzene rings is 4. The Kier molecular flexibility index (Phi) is 7.79. The molecule has 0 spiro atoms. The zero-order chi connectivity index (χ0) is 29.8. The second-order valence-corrected chi connectivity index (χ2v) is 10.6. The number of hydrogen-bond acceptors (Lipinski definition) is 6. The maximum absolute atomic E-state index is 13.0. The maximum Gasteiger partial charge on any atom is 0.412 e. The molecule has 1 saturated carbocycles. The van der Waals surface area contributed by atoms with Crippen molar-refractivity contribution in [3.05, 3.63) is 120 Å². The molecule has 0 aliphatic heterocycles. The molecule has 1 heterocycles. The summed E-state index contributed by atoms with van der Waals surface area (Å²) in [5.41, 5.74) is 5.91. The van der Waals surface area contributed by atoms with E-state index in [0.717, 1.165) is 46.2 Å². The summed E-state index contributed by atoms with van der Waals surface area (Å²) < 4.78 is 16.8. The Bertz CT molecular complexity index is 1710. The van der Waals surface area contributed by atoms with Crippen molar-refractivity contribution < 1.29 is 23.6 Å². The van der Waals surface area contributed by atoms with Crippen molar-refractivity contribution in [2.24, 2.45) is 0 Å². The summed E-state index contributed by atoms with van der Waals surface area (Å²) in [5.74, 6) is 0.284. The molecular formula is C36H32N2O5. The Labute approximate surface area is 250 Å². The quantitative estimate of drug-likeness (QED) is 0.178. The molecule has 0 bridgehead atoms. The number of nitrogens with one attached hydrogen (secondary N) is 1. The molecule has 216 valence electrons. The lowest BCUT2D eigenvalue weighted by Crippen LogP contribution is -2.23. The van der Waals surface area contributed by atoms with E-state index in [0.29, 0.717) is 23.7 Å². The number of carbonyl (C=O) groups excluding carboxylic acids is 2. The number of esters is 1. The largest absolute Gasteiger partial charge is 0.465 e. The van der Waals surface area contributed by atoms with Gasteiger partial charge in [0.05, 0.1) is 12.0 Å². The van der Waals surface area contributed by atoms with Gasteiger partial charge in [0.15, 0.2) is 5.76 Å². The topological polar surface area (TPSA) is 90.7 Å². The van der Waals surface area contributed by atoms with E-state index in [1.54, 1.807) is 0 Å². The molecule has 1 amide bonds. The van der Waals surface area contributed by atoms with Crippen LogP contribution in [0.25, 0.3) is 33.7 Å². The molecule has 7 heteroatoms. The van der Waals surface area contributed by atoms with Crippen LogP contribution in [-0.2, 0) is 19.7 Å². The van der Waals surface area contributed by atoms with Crippen molar-refractivity contribution in [2.75, 3.05) is 11.9 Å².